The monoisotopic (exact) mass is 447 g/mol. The van der Waals surface area contributed by atoms with E-state index in [0.29, 0.717) is 5.56 Å². The van der Waals surface area contributed by atoms with Gasteiger partial charge in [-0.15, -0.1) is 11.3 Å². The second kappa shape index (κ2) is 7.40. The van der Waals surface area contributed by atoms with E-state index in [9.17, 15) is 0 Å². The number of aromatic nitrogens is 1. The molecule has 2 heterocycles. The van der Waals surface area contributed by atoms with Crippen LogP contribution in [-0.2, 0) is 6.37 Å². The Balaban J connectivity index is 1.64. The Morgan fingerprint density at radius 1 is 0.818 bits per heavy atom. The summed E-state index contributed by atoms with van der Waals surface area (Å²) in [6, 6.07) is 25.6. The molecule has 6 aromatic rings. The molecule has 0 aliphatic heterocycles. The van der Waals surface area contributed by atoms with E-state index in [0.717, 1.165) is 11.3 Å². The van der Waals surface area contributed by atoms with Gasteiger partial charge in [-0.1, -0.05) is 81.4 Å². The Hall–Kier alpha value is -3.23. The summed E-state index contributed by atoms with van der Waals surface area (Å²) in [5.41, 5.74) is 3.28. The number of fused-ring (bicyclic) bond motifs is 7. The number of aryl methyl sites for hydroxylation is 1. The second-order valence-electron chi connectivity index (χ2n) is 9.87. The van der Waals surface area contributed by atoms with Gasteiger partial charge in [0.15, 0.2) is 0 Å². The Morgan fingerprint density at radius 3 is 2.45 bits per heavy atom. The number of hydrogen-bond acceptors (Lipinski definition) is 2. The second-order valence-corrected chi connectivity index (χ2v) is 10.9. The van der Waals surface area contributed by atoms with Gasteiger partial charge in [0.2, 0.25) is 0 Å². The van der Waals surface area contributed by atoms with Crippen LogP contribution >= 0.6 is 11.3 Å². The summed E-state index contributed by atoms with van der Waals surface area (Å²) in [6.07, 6.45) is 0.278. The van der Waals surface area contributed by atoms with Crippen LogP contribution in [0, 0.1) is 12.3 Å². The molecule has 33 heavy (non-hydrogen) atoms. The van der Waals surface area contributed by atoms with Crippen LogP contribution in [0.25, 0.3) is 53.0 Å². The van der Waals surface area contributed by atoms with Gasteiger partial charge in [-0.3, -0.25) is 4.98 Å². The van der Waals surface area contributed by atoms with Crippen LogP contribution in [0.4, 0.5) is 0 Å². The fourth-order valence-corrected chi connectivity index (χ4v) is 6.31. The topological polar surface area (TPSA) is 12.9 Å². The van der Waals surface area contributed by atoms with Gasteiger partial charge < -0.3 is 0 Å². The van der Waals surface area contributed by atoms with Crippen molar-refractivity contribution in [2.24, 2.45) is 5.41 Å². The summed E-state index contributed by atoms with van der Waals surface area (Å²) in [5, 5.41) is 7.63. The lowest BCUT2D eigenvalue weighted by Gasteiger charge is -2.18. The molecule has 0 N–H and O–H groups in total. The van der Waals surface area contributed by atoms with E-state index in [1.165, 1.54) is 47.3 Å². The molecule has 0 saturated carbocycles. The minimum atomic E-state index is -1.47. The average Bonchev–Trinajstić information content (AvgIpc) is 3.24. The minimum absolute atomic E-state index is 0.520. The van der Waals surface area contributed by atoms with Crippen molar-refractivity contribution in [2.75, 3.05) is 0 Å². The standard InChI is InChI=1S/C31H27NS/c1-19-9-11-25(27-17-20(15-16-32-27)18-31(2,3)4)30-28(19)26-14-13-23-22-8-6-5-7-21(22)10-12-24(23)29(26)33-30/h5-17H,18H2,1-4H3/i18D2. The first kappa shape index (κ1) is 18.2. The molecule has 0 radical (unpaired) electrons. The molecule has 6 rings (SSSR count). The molecule has 2 heteroatoms. The number of thiophene rings is 1. The van der Waals surface area contributed by atoms with Crippen LogP contribution < -0.4 is 0 Å². The molecule has 162 valence electrons. The quantitative estimate of drug-likeness (QED) is 0.241. The van der Waals surface area contributed by atoms with Crippen molar-refractivity contribution in [2.45, 2.75) is 34.1 Å². The van der Waals surface area contributed by atoms with Crippen LogP contribution in [0.2, 0.25) is 0 Å². The maximum absolute atomic E-state index is 8.76. The van der Waals surface area contributed by atoms with Gasteiger partial charge in [-0.05, 0) is 58.1 Å². The molecule has 4 aromatic carbocycles. The van der Waals surface area contributed by atoms with Crippen molar-refractivity contribution >= 4 is 53.1 Å². The highest BCUT2D eigenvalue weighted by atomic mass is 32.1. The van der Waals surface area contributed by atoms with E-state index in [2.05, 4.69) is 67.6 Å². The normalized spacial score (nSPS) is 13.7. The molecular formula is C31H27NS. The van der Waals surface area contributed by atoms with Crippen LogP contribution in [0.3, 0.4) is 0 Å². The highest BCUT2D eigenvalue weighted by molar-refractivity contribution is 7.27. The largest absolute Gasteiger partial charge is 0.256 e. The van der Waals surface area contributed by atoms with Crippen molar-refractivity contribution in [1.82, 2.24) is 4.98 Å². The Labute approximate surface area is 201 Å². The molecule has 0 fully saturated rings. The van der Waals surface area contributed by atoms with Gasteiger partial charge in [0.25, 0.3) is 0 Å². The van der Waals surface area contributed by atoms with E-state index in [-0.39, 0.29) is 0 Å². The van der Waals surface area contributed by atoms with Crippen LogP contribution in [0.5, 0.6) is 0 Å². The van der Waals surface area contributed by atoms with E-state index < -0.39 is 11.8 Å². The summed E-state index contributed by atoms with van der Waals surface area (Å²) < 4.78 is 20.0. The lowest BCUT2D eigenvalue weighted by atomic mass is 9.88. The zero-order valence-corrected chi connectivity index (χ0v) is 20.2. The SMILES string of the molecule is [2H]C([2H])(c1ccnc(-c2ccc(C)c3c2sc2c4ccc5ccccc5c4ccc23)c1)C(C)(C)C. The average molecular weight is 448 g/mol. The molecule has 0 saturated heterocycles. The third kappa shape index (κ3) is 3.41. The van der Waals surface area contributed by atoms with E-state index >= 15 is 0 Å². The predicted octanol–water partition coefficient (Wildman–Crippen LogP) is 9.32. The summed E-state index contributed by atoms with van der Waals surface area (Å²) in [6.45, 7) is 8.00. The molecule has 0 bridgehead atoms. The summed E-state index contributed by atoms with van der Waals surface area (Å²) >= 11 is 1.82. The third-order valence-electron chi connectivity index (χ3n) is 6.27. The summed E-state index contributed by atoms with van der Waals surface area (Å²) in [4.78, 5) is 4.70. The summed E-state index contributed by atoms with van der Waals surface area (Å²) in [5.74, 6) is 0. The van der Waals surface area contributed by atoms with Gasteiger partial charge in [0.05, 0.1) is 5.69 Å². The van der Waals surface area contributed by atoms with Crippen molar-refractivity contribution in [1.29, 1.82) is 0 Å². The third-order valence-corrected chi connectivity index (χ3v) is 7.54. The van der Waals surface area contributed by atoms with Crippen LogP contribution in [0.15, 0.2) is 79.0 Å². The molecule has 1 nitrogen and oxygen atoms in total. The minimum Gasteiger partial charge on any atom is -0.256 e. The maximum Gasteiger partial charge on any atom is 0.0719 e. The highest BCUT2D eigenvalue weighted by Gasteiger charge is 2.17. The Morgan fingerprint density at radius 2 is 1.61 bits per heavy atom. The lowest BCUT2D eigenvalue weighted by molar-refractivity contribution is 0.411. The molecule has 0 spiro atoms. The number of nitrogens with zero attached hydrogens (tertiary/aromatic N) is 1. The molecular weight excluding hydrogens is 418 g/mol. The van der Waals surface area contributed by atoms with Crippen molar-refractivity contribution in [3.63, 3.8) is 0 Å². The number of pyridine rings is 1. The van der Waals surface area contributed by atoms with Crippen molar-refractivity contribution in [3.8, 4) is 11.3 Å². The molecule has 0 atom stereocenters. The first-order chi connectivity index (χ1) is 16.7. The molecule has 0 amide bonds. The zero-order valence-electron chi connectivity index (χ0n) is 21.4. The molecule has 0 aliphatic carbocycles. The van der Waals surface area contributed by atoms with Gasteiger partial charge in [0.1, 0.15) is 0 Å². The molecule has 0 aliphatic rings. The first-order valence-electron chi connectivity index (χ1n) is 12.4. The van der Waals surface area contributed by atoms with Gasteiger partial charge in [-0.25, -0.2) is 0 Å². The van der Waals surface area contributed by atoms with Crippen LogP contribution in [0.1, 0.15) is 34.6 Å². The first-order valence-corrected chi connectivity index (χ1v) is 12.2. The number of benzene rings is 4. The number of rotatable bonds is 2. The van der Waals surface area contributed by atoms with Gasteiger partial charge in [0, 0.05) is 40.1 Å². The predicted molar refractivity (Wildman–Crippen MR) is 145 cm³/mol. The van der Waals surface area contributed by atoms with E-state index in [1.807, 2.05) is 44.2 Å². The highest BCUT2D eigenvalue weighted by Crippen LogP contribution is 2.44. The smallest absolute Gasteiger partial charge is 0.0719 e. The maximum atomic E-state index is 8.76. The van der Waals surface area contributed by atoms with Gasteiger partial charge in [-0.2, -0.15) is 0 Å². The fourth-order valence-electron chi connectivity index (χ4n) is 4.88. The molecule has 0 unspecified atom stereocenters. The summed E-state index contributed by atoms with van der Waals surface area (Å²) in [7, 11) is 0. The van der Waals surface area contributed by atoms with Gasteiger partial charge >= 0.3 is 0 Å². The number of hydrogen-bond donors (Lipinski definition) is 0. The van der Waals surface area contributed by atoms with Crippen molar-refractivity contribution < 1.29 is 2.74 Å². The fraction of sp³-hybridized carbons (Fsp3) is 0.194. The zero-order chi connectivity index (χ0) is 24.5. The van der Waals surface area contributed by atoms with E-state index in [4.69, 9.17) is 7.73 Å². The van der Waals surface area contributed by atoms with Crippen molar-refractivity contribution in [3.05, 3.63) is 90.1 Å². The van der Waals surface area contributed by atoms with Crippen LogP contribution in [-0.4, -0.2) is 4.98 Å². The Bertz CT molecular complexity index is 1770. The lowest BCUT2D eigenvalue weighted by Crippen LogP contribution is -2.09. The molecule has 2 aromatic heterocycles. The Kier molecular flexibility index (Phi) is 4.08. The van der Waals surface area contributed by atoms with E-state index in [1.54, 1.807) is 6.20 Å².